The Kier molecular flexibility index (Phi) is 3.52. The maximum atomic E-state index is 6.23. The molecular weight excluding hydrogens is 270 g/mol. The van der Waals surface area contributed by atoms with Crippen LogP contribution in [0.2, 0.25) is 5.02 Å². The van der Waals surface area contributed by atoms with Crippen LogP contribution in [0, 0.1) is 0 Å². The summed E-state index contributed by atoms with van der Waals surface area (Å²) in [5, 5.41) is 14.5. The van der Waals surface area contributed by atoms with Crippen molar-refractivity contribution in [2.75, 3.05) is 5.32 Å². The Morgan fingerprint density at radius 3 is 2.65 bits per heavy atom. The Bertz CT molecular complexity index is 737. The van der Waals surface area contributed by atoms with E-state index in [2.05, 4.69) is 22.4 Å². The van der Waals surface area contributed by atoms with Crippen molar-refractivity contribution < 1.29 is 0 Å². The first-order valence-corrected chi connectivity index (χ1v) is 6.85. The zero-order chi connectivity index (χ0) is 13.9. The highest BCUT2D eigenvalue weighted by molar-refractivity contribution is 6.31. The van der Waals surface area contributed by atoms with Crippen LogP contribution in [0.15, 0.2) is 54.7 Å². The second kappa shape index (κ2) is 5.47. The molecule has 1 aromatic heterocycles. The number of hydrogen-bond donors (Lipinski definition) is 1. The standard InChI is InChI=1S/C16H14ClN3/c1-11(13-7-4-5-9-15(13)17)19-16-14-8-3-2-6-12(14)10-18-20-16/h2-11H,1H3,(H,19,20). The zero-order valence-electron chi connectivity index (χ0n) is 11.0. The minimum Gasteiger partial charge on any atom is -0.361 e. The highest BCUT2D eigenvalue weighted by Gasteiger charge is 2.11. The maximum Gasteiger partial charge on any atom is 0.157 e. The molecule has 3 rings (SSSR count). The van der Waals surface area contributed by atoms with Crippen LogP contribution in [0.3, 0.4) is 0 Å². The highest BCUT2D eigenvalue weighted by atomic mass is 35.5. The first kappa shape index (κ1) is 12.9. The molecule has 100 valence electrons. The largest absolute Gasteiger partial charge is 0.361 e. The molecule has 0 amide bonds. The third kappa shape index (κ3) is 2.45. The summed E-state index contributed by atoms with van der Waals surface area (Å²) in [6.07, 6.45) is 1.76. The van der Waals surface area contributed by atoms with Gasteiger partial charge in [-0.25, -0.2) is 0 Å². The van der Waals surface area contributed by atoms with Gasteiger partial charge in [-0.15, -0.1) is 5.10 Å². The molecular formula is C16H14ClN3. The number of anilines is 1. The molecule has 0 aliphatic rings. The van der Waals surface area contributed by atoms with E-state index in [0.29, 0.717) is 0 Å². The highest BCUT2D eigenvalue weighted by Crippen LogP contribution is 2.27. The summed E-state index contributed by atoms with van der Waals surface area (Å²) in [5.74, 6) is 0.774. The summed E-state index contributed by atoms with van der Waals surface area (Å²) >= 11 is 6.23. The number of nitrogens with zero attached hydrogens (tertiary/aromatic N) is 2. The van der Waals surface area contributed by atoms with E-state index in [0.717, 1.165) is 27.2 Å². The number of fused-ring (bicyclic) bond motifs is 1. The van der Waals surface area contributed by atoms with E-state index in [-0.39, 0.29) is 6.04 Å². The van der Waals surface area contributed by atoms with Gasteiger partial charge in [-0.3, -0.25) is 0 Å². The van der Waals surface area contributed by atoms with Crippen LogP contribution >= 0.6 is 11.6 Å². The van der Waals surface area contributed by atoms with Crippen molar-refractivity contribution in [2.45, 2.75) is 13.0 Å². The van der Waals surface area contributed by atoms with Gasteiger partial charge in [-0.1, -0.05) is 54.1 Å². The van der Waals surface area contributed by atoms with Crippen LogP contribution < -0.4 is 5.32 Å². The average Bonchev–Trinajstić information content (AvgIpc) is 2.48. The van der Waals surface area contributed by atoms with Gasteiger partial charge in [-0.05, 0) is 18.6 Å². The zero-order valence-corrected chi connectivity index (χ0v) is 11.8. The number of nitrogens with one attached hydrogen (secondary N) is 1. The molecule has 1 unspecified atom stereocenters. The van der Waals surface area contributed by atoms with Crippen molar-refractivity contribution in [3.8, 4) is 0 Å². The molecule has 0 bridgehead atoms. The number of aromatic nitrogens is 2. The quantitative estimate of drug-likeness (QED) is 0.771. The lowest BCUT2D eigenvalue weighted by atomic mass is 10.1. The van der Waals surface area contributed by atoms with Crippen molar-refractivity contribution in [3.63, 3.8) is 0 Å². The second-order valence-corrected chi connectivity index (χ2v) is 5.08. The fourth-order valence-corrected chi connectivity index (χ4v) is 2.54. The van der Waals surface area contributed by atoms with Gasteiger partial charge < -0.3 is 5.32 Å². The van der Waals surface area contributed by atoms with Crippen molar-refractivity contribution >= 4 is 28.2 Å². The van der Waals surface area contributed by atoms with E-state index in [1.54, 1.807) is 6.20 Å². The summed E-state index contributed by atoms with van der Waals surface area (Å²) in [6.45, 7) is 2.06. The first-order chi connectivity index (χ1) is 9.75. The molecule has 3 nitrogen and oxygen atoms in total. The van der Waals surface area contributed by atoms with Crippen LogP contribution in [-0.2, 0) is 0 Å². The third-order valence-corrected chi connectivity index (χ3v) is 3.64. The monoisotopic (exact) mass is 283 g/mol. The Morgan fingerprint density at radius 1 is 1.05 bits per heavy atom. The Morgan fingerprint density at radius 2 is 1.80 bits per heavy atom. The maximum absolute atomic E-state index is 6.23. The predicted octanol–water partition coefficient (Wildman–Crippen LogP) is 4.46. The number of benzene rings is 2. The van der Waals surface area contributed by atoms with Crippen LogP contribution in [0.1, 0.15) is 18.5 Å². The van der Waals surface area contributed by atoms with Crippen molar-refractivity contribution in [2.24, 2.45) is 0 Å². The van der Waals surface area contributed by atoms with Gasteiger partial charge in [0.1, 0.15) is 0 Å². The van der Waals surface area contributed by atoms with Crippen LogP contribution in [0.25, 0.3) is 10.8 Å². The Balaban J connectivity index is 1.96. The van der Waals surface area contributed by atoms with Gasteiger partial charge in [-0.2, -0.15) is 5.10 Å². The summed E-state index contributed by atoms with van der Waals surface area (Å²) in [5.41, 5.74) is 1.05. The van der Waals surface area contributed by atoms with E-state index in [4.69, 9.17) is 11.6 Å². The molecule has 1 N–H and O–H groups in total. The molecule has 0 aliphatic carbocycles. The summed E-state index contributed by atoms with van der Waals surface area (Å²) in [4.78, 5) is 0. The molecule has 0 saturated carbocycles. The molecule has 1 atom stereocenters. The average molecular weight is 284 g/mol. The minimum atomic E-state index is 0.0591. The van der Waals surface area contributed by atoms with Crippen LogP contribution in [-0.4, -0.2) is 10.2 Å². The molecule has 3 aromatic rings. The molecule has 0 radical (unpaired) electrons. The van der Waals surface area contributed by atoms with Crippen molar-refractivity contribution in [3.05, 3.63) is 65.3 Å². The van der Waals surface area contributed by atoms with E-state index >= 15 is 0 Å². The lowest BCUT2D eigenvalue weighted by Crippen LogP contribution is -2.09. The SMILES string of the molecule is CC(Nc1nncc2ccccc12)c1ccccc1Cl. The number of rotatable bonds is 3. The van der Waals surface area contributed by atoms with E-state index < -0.39 is 0 Å². The van der Waals surface area contributed by atoms with Gasteiger partial charge in [0, 0.05) is 15.8 Å². The predicted molar refractivity (Wildman–Crippen MR) is 83.0 cm³/mol. The van der Waals surface area contributed by atoms with Gasteiger partial charge in [0.2, 0.25) is 0 Å². The second-order valence-electron chi connectivity index (χ2n) is 4.67. The van der Waals surface area contributed by atoms with E-state index in [1.165, 1.54) is 0 Å². The summed E-state index contributed by atoms with van der Waals surface area (Å²) in [7, 11) is 0. The molecule has 4 heteroatoms. The van der Waals surface area contributed by atoms with Gasteiger partial charge >= 0.3 is 0 Å². The van der Waals surface area contributed by atoms with E-state index in [9.17, 15) is 0 Å². The molecule has 0 spiro atoms. The fraction of sp³-hybridized carbons (Fsp3) is 0.125. The molecule has 0 fully saturated rings. The van der Waals surface area contributed by atoms with Crippen LogP contribution in [0.4, 0.5) is 5.82 Å². The fourth-order valence-electron chi connectivity index (χ4n) is 2.24. The van der Waals surface area contributed by atoms with E-state index in [1.807, 2.05) is 48.5 Å². The number of halogens is 1. The van der Waals surface area contributed by atoms with Gasteiger partial charge in [0.25, 0.3) is 0 Å². The normalized spacial score (nSPS) is 12.3. The molecule has 0 saturated heterocycles. The van der Waals surface area contributed by atoms with Crippen molar-refractivity contribution in [1.82, 2.24) is 10.2 Å². The number of hydrogen-bond acceptors (Lipinski definition) is 3. The van der Waals surface area contributed by atoms with Gasteiger partial charge in [0.05, 0.1) is 12.2 Å². The molecule has 0 aliphatic heterocycles. The Labute approximate surface area is 122 Å². The van der Waals surface area contributed by atoms with Crippen LogP contribution in [0.5, 0.6) is 0 Å². The summed E-state index contributed by atoms with van der Waals surface area (Å²) < 4.78 is 0. The Hall–Kier alpha value is -2.13. The molecule has 1 heterocycles. The smallest absolute Gasteiger partial charge is 0.157 e. The topological polar surface area (TPSA) is 37.8 Å². The summed E-state index contributed by atoms with van der Waals surface area (Å²) in [6, 6.07) is 15.9. The lowest BCUT2D eigenvalue weighted by molar-refractivity contribution is 0.866. The third-order valence-electron chi connectivity index (χ3n) is 3.30. The minimum absolute atomic E-state index is 0.0591. The van der Waals surface area contributed by atoms with Gasteiger partial charge in [0.15, 0.2) is 5.82 Å². The molecule has 2 aromatic carbocycles. The molecule has 20 heavy (non-hydrogen) atoms. The van der Waals surface area contributed by atoms with Crippen molar-refractivity contribution in [1.29, 1.82) is 0 Å². The first-order valence-electron chi connectivity index (χ1n) is 6.47. The lowest BCUT2D eigenvalue weighted by Gasteiger charge is -2.17.